The minimum atomic E-state index is -0.983. The summed E-state index contributed by atoms with van der Waals surface area (Å²) in [5.74, 6) is -0.299. The highest BCUT2D eigenvalue weighted by molar-refractivity contribution is 14.1. The van der Waals surface area contributed by atoms with Gasteiger partial charge in [0, 0.05) is 0 Å². The van der Waals surface area contributed by atoms with E-state index < -0.39 is 5.97 Å². The summed E-state index contributed by atoms with van der Waals surface area (Å²) in [6.07, 6.45) is 1.67. The Hall–Kier alpha value is -3.31. The molecule has 1 N–H and O–H groups in total. The van der Waals surface area contributed by atoms with Crippen LogP contribution in [0.2, 0.25) is 0 Å². The molecule has 1 fully saturated rings. The monoisotopic (exact) mass is 601 g/mol. The molecule has 0 aromatic heterocycles. The number of para-hydroxylation sites is 1. The van der Waals surface area contributed by atoms with Crippen LogP contribution in [0.1, 0.15) is 28.4 Å². The van der Waals surface area contributed by atoms with Crippen LogP contribution in [0.5, 0.6) is 11.5 Å². The second-order valence-electron chi connectivity index (χ2n) is 7.41. The van der Waals surface area contributed by atoms with Crippen molar-refractivity contribution < 1.29 is 29.0 Å². The molecule has 0 spiro atoms. The van der Waals surface area contributed by atoms with Crippen molar-refractivity contribution >= 4 is 63.2 Å². The third-order valence-electron chi connectivity index (χ3n) is 5.02. The number of imide groups is 1. The number of carboxylic acids is 1. The van der Waals surface area contributed by atoms with Crippen LogP contribution in [-0.2, 0) is 11.4 Å². The molecule has 35 heavy (non-hydrogen) atoms. The van der Waals surface area contributed by atoms with Crippen LogP contribution in [0.25, 0.3) is 6.08 Å². The third kappa shape index (κ3) is 5.68. The molecule has 4 rings (SSSR count). The van der Waals surface area contributed by atoms with Crippen LogP contribution < -0.4 is 14.4 Å². The van der Waals surface area contributed by atoms with Crippen LogP contribution in [0.3, 0.4) is 0 Å². The number of ether oxygens (including phenoxy) is 2. The van der Waals surface area contributed by atoms with Crippen molar-refractivity contribution in [2.24, 2.45) is 0 Å². The molecule has 178 valence electrons. The predicted octanol–water partition coefficient (Wildman–Crippen LogP) is 6.21. The molecule has 1 aliphatic rings. The molecule has 1 aliphatic heterocycles. The number of halogens is 1. The van der Waals surface area contributed by atoms with E-state index in [9.17, 15) is 14.4 Å². The van der Waals surface area contributed by atoms with Gasteiger partial charge in [0.2, 0.25) is 0 Å². The summed E-state index contributed by atoms with van der Waals surface area (Å²) < 4.78 is 12.6. The maximum atomic E-state index is 12.9. The van der Waals surface area contributed by atoms with Crippen molar-refractivity contribution in [2.75, 3.05) is 11.5 Å². The van der Waals surface area contributed by atoms with E-state index in [0.29, 0.717) is 34.3 Å². The Morgan fingerprint density at radius 1 is 1.06 bits per heavy atom. The highest BCUT2D eigenvalue weighted by Gasteiger charge is 2.36. The molecular formula is C26H20INO6S. The fraction of sp³-hybridized carbons (Fsp3) is 0.115. The van der Waals surface area contributed by atoms with Crippen molar-refractivity contribution in [3.63, 3.8) is 0 Å². The first-order chi connectivity index (χ1) is 16.9. The highest BCUT2D eigenvalue weighted by atomic mass is 127. The highest BCUT2D eigenvalue weighted by Crippen LogP contribution is 2.39. The van der Waals surface area contributed by atoms with Gasteiger partial charge < -0.3 is 14.6 Å². The molecule has 0 radical (unpaired) electrons. The molecule has 0 aliphatic carbocycles. The van der Waals surface area contributed by atoms with Crippen LogP contribution >= 0.6 is 34.4 Å². The molecule has 1 heterocycles. The summed E-state index contributed by atoms with van der Waals surface area (Å²) in [5, 5.41) is 8.70. The first-order valence-electron chi connectivity index (χ1n) is 10.6. The molecule has 0 unspecified atom stereocenters. The quantitative estimate of drug-likeness (QED) is 0.243. The SMILES string of the molecule is CCOc1cc(/C=C2\SC(=O)N(c3ccccc3)C2=O)cc(I)c1OCc1ccc(C(=O)O)cc1. The van der Waals surface area contributed by atoms with E-state index in [-0.39, 0.29) is 23.3 Å². The summed E-state index contributed by atoms with van der Waals surface area (Å²) in [5.41, 5.74) is 2.25. The second kappa shape index (κ2) is 11.0. The normalized spacial score (nSPS) is 14.5. The molecule has 7 nitrogen and oxygen atoms in total. The predicted molar refractivity (Wildman–Crippen MR) is 143 cm³/mol. The fourth-order valence-corrected chi connectivity index (χ4v) is 5.01. The van der Waals surface area contributed by atoms with Gasteiger partial charge in [-0.25, -0.2) is 9.69 Å². The van der Waals surface area contributed by atoms with E-state index in [2.05, 4.69) is 22.6 Å². The number of carbonyl (C=O) groups is 3. The minimum Gasteiger partial charge on any atom is -0.490 e. The lowest BCUT2D eigenvalue weighted by Gasteiger charge is -2.15. The number of hydrogen-bond donors (Lipinski definition) is 1. The van der Waals surface area contributed by atoms with E-state index >= 15 is 0 Å². The summed E-state index contributed by atoms with van der Waals surface area (Å²) in [4.78, 5) is 38.0. The number of nitrogens with zero attached hydrogens (tertiary/aromatic N) is 1. The number of amides is 2. The largest absolute Gasteiger partial charge is 0.490 e. The maximum Gasteiger partial charge on any atom is 0.335 e. The van der Waals surface area contributed by atoms with Crippen molar-refractivity contribution in [1.82, 2.24) is 0 Å². The molecule has 1 saturated heterocycles. The summed E-state index contributed by atoms with van der Waals surface area (Å²) >= 11 is 3.03. The average molecular weight is 601 g/mol. The number of anilines is 1. The molecule has 0 saturated carbocycles. The Bertz CT molecular complexity index is 1310. The Morgan fingerprint density at radius 2 is 1.77 bits per heavy atom. The van der Waals surface area contributed by atoms with Gasteiger partial charge in [0.15, 0.2) is 11.5 Å². The zero-order valence-corrected chi connectivity index (χ0v) is 21.5. The Morgan fingerprint density at radius 3 is 2.43 bits per heavy atom. The lowest BCUT2D eigenvalue weighted by Crippen LogP contribution is -2.27. The van der Waals surface area contributed by atoms with Gasteiger partial charge in [-0.3, -0.25) is 9.59 Å². The number of aromatic carboxylic acids is 1. The van der Waals surface area contributed by atoms with Gasteiger partial charge >= 0.3 is 5.97 Å². The van der Waals surface area contributed by atoms with Crippen LogP contribution in [-0.4, -0.2) is 28.8 Å². The van der Waals surface area contributed by atoms with Crippen LogP contribution in [0, 0.1) is 3.57 Å². The average Bonchev–Trinajstić information content (AvgIpc) is 3.12. The summed E-state index contributed by atoms with van der Waals surface area (Å²) in [7, 11) is 0. The standard InChI is InChI=1S/C26H20INO6S/c1-2-33-21-13-17(14-22-24(29)28(26(32)35-22)19-6-4-3-5-7-19)12-20(27)23(21)34-15-16-8-10-18(11-9-16)25(30)31/h3-14H,2,15H2,1H3,(H,30,31)/b22-14-. The molecule has 2 amide bonds. The number of carboxylic acid groups (broad SMARTS) is 1. The van der Waals surface area contributed by atoms with Gasteiger partial charge in [-0.05, 0) is 94.9 Å². The second-order valence-corrected chi connectivity index (χ2v) is 9.56. The lowest BCUT2D eigenvalue weighted by atomic mass is 10.1. The van der Waals surface area contributed by atoms with Gasteiger partial charge in [0.25, 0.3) is 11.1 Å². The minimum absolute atomic E-state index is 0.208. The van der Waals surface area contributed by atoms with Crippen LogP contribution in [0.4, 0.5) is 10.5 Å². The fourth-order valence-electron chi connectivity index (χ4n) is 3.39. The van der Waals surface area contributed by atoms with Crippen LogP contribution in [0.15, 0.2) is 71.6 Å². The van der Waals surface area contributed by atoms with E-state index in [1.165, 1.54) is 12.1 Å². The summed E-state index contributed by atoms with van der Waals surface area (Å²) in [6, 6.07) is 18.9. The number of benzene rings is 3. The zero-order chi connectivity index (χ0) is 24.9. The first-order valence-corrected chi connectivity index (χ1v) is 12.5. The lowest BCUT2D eigenvalue weighted by molar-refractivity contribution is -0.113. The third-order valence-corrected chi connectivity index (χ3v) is 6.69. The van der Waals surface area contributed by atoms with E-state index in [0.717, 1.165) is 25.8 Å². The zero-order valence-electron chi connectivity index (χ0n) is 18.6. The number of carbonyl (C=O) groups excluding carboxylic acids is 2. The Balaban J connectivity index is 1.57. The molecule has 9 heteroatoms. The Labute approximate surface area is 219 Å². The van der Waals surface area contributed by atoms with Crippen molar-refractivity contribution in [3.05, 3.63) is 91.9 Å². The van der Waals surface area contributed by atoms with Gasteiger partial charge in [-0.2, -0.15) is 0 Å². The molecule has 3 aromatic carbocycles. The summed E-state index contributed by atoms with van der Waals surface area (Å²) in [6.45, 7) is 2.50. The van der Waals surface area contributed by atoms with E-state index in [1.807, 2.05) is 19.1 Å². The van der Waals surface area contributed by atoms with Crippen molar-refractivity contribution in [3.8, 4) is 11.5 Å². The van der Waals surface area contributed by atoms with E-state index in [1.54, 1.807) is 48.5 Å². The molecular weight excluding hydrogens is 581 g/mol. The molecule has 0 bridgehead atoms. The van der Waals surface area contributed by atoms with Gasteiger partial charge in [0.1, 0.15) is 6.61 Å². The van der Waals surface area contributed by atoms with Gasteiger partial charge in [-0.15, -0.1) is 0 Å². The maximum absolute atomic E-state index is 12.9. The number of rotatable bonds is 8. The smallest absolute Gasteiger partial charge is 0.335 e. The van der Waals surface area contributed by atoms with Gasteiger partial charge in [0.05, 0.1) is 26.3 Å². The molecule has 0 atom stereocenters. The Kier molecular flexibility index (Phi) is 7.76. The molecule has 3 aromatic rings. The topological polar surface area (TPSA) is 93.1 Å². The number of hydrogen-bond acceptors (Lipinski definition) is 6. The van der Waals surface area contributed by atoms with E-state index in [4.69, 9.17) is 14.6 Å². The first kappa shape index (κ1) is 24.8. The number of thioether (sulfide) groups is 1. The van der Waals surface area contributed by atoms with Crippen molar-refractivity contribution in [1.29, 1.82) is 0 Å². The van der Waals surface area contributed by atoms with Gasteiger partial charge in [-0.1, -0.05) is 30.3 Å². The van der Waals surface area contributed by atoms with Crippen molar-refractivity contribution in [2.45, 2.75) is 13.5 Å².